The molecule has 0 radical (unpaired) electrons. The summed E-state index contributed by atoms with van der Waals surface area (Å²) in [6.45, 7) is 5.99. The molecule has 16 heavy (non-hydrogen) atoms. The number of nitrogens with two attached hydrogens (primary N) is 1. The normalized spacial score (nSPS) is 17.2. The maximum atomic E-state index is 5.79. The molecule has 2 rings (SSSR count). The Labute approximate surface area is 99.3 Å². The number of ether oxygens (including phenoxy) is 2. The van der Waals surface area contributed by atoms with Gasteiger partial charge in [-0.2, -0.15) is 4.37 Å². The van der Waals surface area contributed by atoms with Crippen LogP contribution in [0.3, 0.4) is 0 Å². The number of hydrogen-bond donors (Lipinski definition) is 1. The van der Waals surface area contributed by atoms with Gasteiger partial charge in [-0.3, -0.25) is 0 Å². The Kier molecular flexibility index (Phi) is 3.84. The molecule has 5 nitrogen and oxygen atoms in total. The lowest BCUT2D eigenvalue weighted by atomic mass is 10.4. The summed E-state index contributed by atoms with van der Waals surface area (Å²) in [5, 5.41) is 1.03. The van der Waals surface area contributed by atoms with Gasteiger partial charge in [-0.05, 0) is 24.9 Å². The Bertz CT molecular complexity index is 335. The highest BCUT2D eigenvalue weighted by atomic mass is 32.1. The van der Waals surface area contributed by atoms with Crippen molar-refractivity contribution in [1.82, 2.24) is 4.37 Å². The lowest BCUT2D eigenvalue weighted by molar-refractivity contribution is 0.152. The predicted octanol–water partition coefficient (Wildman–Crippen LogP) is 1.35. The molecule has 0 saturated carbocycles. The first-order chi connectivity index (χ1) is 7.83. The lowest BCUT2D eigenvalue weighted by Crippen LogP contribution is -2.25. The minimum absolute atomic E-state index is 0.493. The molecule has 0 aliphatic carbocycles. The summed E-state index contributed by atoms with van der Waals surface area (Å²) >= 11 is 1.40. The van der Waals surface area contributed by atoms with E-state index in [0.717, 1.165) is 43.5 Å². The second kappa shape index (κ2) is 5.36. The van der Waals surface area contributed by atoms with Crippen LogP contribution in [-0.2, 0) is 4.74 Å². The number of anilines is 2. The molecule has 6 heteroatoms. The van der Waals surface area contributed by atoms with E-state index in [4.69, 9.17) is 15.2 Å². The van der Waals surface area contributed by atoms with Crippen LogP contribution in [0.15, 0.2) is 0 Å². The van der Waals surface area contributed by atoms with Crippen LogP contribution in [-0.4, -0.2) is 37.3 Å². The van der Waals surface area contributed by atoms with Crippen LogP contribution >= 0.6 is 11.5 Å². The number of hydrogen-bond acceptors (Lipinski definition) is 6. The van der Waals surface area contributed by atoms with Gasteiger partial charge in [0.15, 0.2) is 16.6 Å². The molecule has 90 valence electrons. The van der Waals surface area contributed by atoms with Crippen molar-refractivity contribution >= 4 is 22.4 Å². The average molecular weight is 243 g/mol. The maximum absolute atomic E-state index is 5.79. The highest BCUT2D eigenvalue weighted by Crippen LogP contribution is 2.38. The molecule has 1 aromatic rings. The first-order valence-electron chi connectivity index (χ1n) is 5.53. The summed E-state index contributed by atoms with van der Waals surface area (Å²) < 4.78 is 15.1. The topological polar surface area (TPSA) is 60.6 Å². The van der Waals surface area contributed by atoms with Gasteiger partial charge in [-0.1, -0.05) is 0 Å². The maximum Gasteiger partial charge on any atom is 0.197 e. The van der Waals surface area contributed by atoms with Gasteiger partial charge >= 0.3 is 0 Å². The van der Waals surface area contributed by atoms with Gasteiger partial charge in [0.2, 0.25) is 0 Å². The van der Waals surface area contributed by atoms with Crippen molar-refractivity contribution in [1.29, 1.82) is 0 Å². The van der Waals surface area contributed by atoms with Gasteiger partial charge < -0.3 is 20.1 Å². The van der Waals surface area contributed by atoms with Gasteiger partial charge in [-0.25, -0.2) is 0 Å². The summed E-state index contributed by atoms with van der Waals surface area (Å²) in [5.41, 5.74) is 5.79. The highest BCUT2D eigenvalue weighted by molar-refractivity contribution is 7.11. The standard InChI is InChI=1S/C10H17N3O2S/c1-2-15-8-9(11)12-16-10(8)13-4-3-6-14-7-5-13/h2-7H2,1H3,(H2,11,12). The minimum atomic E-state index is 0.493. The zero-order chi connectivity index (χ0) is 11.4. The van der Waals surface area contributed by atoms with E-state index in [1.807, 2.05) is 6.92 Å². The second-order valence-corrected chi connectivity index (χ2v) is 4.34. The summed E-state index contributed by atoms with van der Waals surface area (Å²) in [7, 11) is 0. The molecule has 0 atom stereocenters. The third-order valence-electron chi connectivity index (χ3n) is 2.46. The van der Waals surface area contributed by atoms with Gasteiger partial charge in [0.05, 0.1) is 13.2 Å². The van der Waals surface area contributed by atoms with Gasteiger partial charge in [0.25, 0.3) is 0 Å². The summed E-state index contributed by atoms with van der Waals surface area (Å²) in [4.78, 5) is 2.24. The van der Waals surface area contributed by atoms with Crippen LogP contribution < -0.4 is 15.4 Å². The van der Waals surface area contributed by atoms with E-state index in [2.05, 4.69) is 9.27 Å². The van der Waals surface area contributed by atoms with E-state index in [1.54, 1.807) is 0 Å². The van der Waals surface area contributed by atoms with Crippen molar-refractivity contribution in [2.45, 2.75) is 13.3 Å². The summed E-state index contributed by atoms with van der Waals surface area (Å²) in [6.07, 6.45) is 1.03. The minimum Gasteiger partial charge on any atom is -0.487 e. The Balaban J connectivity index is 2.17. The van der Waals surface area contributed by atoms with Crippen LogP contribution in [0, 0.1) is 0 Å². The molecular formula is C10H17N3O2S. The number of nitrogens with zero attached hydrogens (tertiary/aromatic N) is 2. The van der Waals surface area contributed by atoms with E-state index < -0.39 is 0 Å². The third kappa shape index (κ3) is 2.38. The van der Waals surface area contributed by atoms with Crippen LogP contribution in [0.5, 0.6) is 5.75 Å². The predicted molar refractivity (Wildman–Crippen MR) is 65.3 cm³/mol. The van der Waals surface area contributed by atoms with Crippen LogP contribution in [0.1, 0.15) is 13.3 Å². The van der Waals surface area contributed by atoms with Crippen molar-refractivity contribution in [3.8, 4) is 5.75 Å². The van der Waals surface area contributed by atoms with Crippen molar-refractivity contribution in [2.75, 3.05) is 43.5 Å². The van der Waals surface area contributed by atoms with Crippen LogP contribution in [0.25, 0.3) is 0 Å². The smallest absolute Gasteiger partial charge is 0.197 e. The van der Waals surface area contributed by atoms with Crippen molar-refractivity contribution in [3.05, 3.63) is 0 Å². The largest absolute Gasteiger partial charge is 0.487 e. The van der Waals surface area contributed by atoms with Crippen molar-refractivity contribution < 1.29 is 9.47 Å². The molecule has 2 N–H and O–H groups in total. The fraction of sp³-hybridized carbons (Fsp3) is 0.700. The molecule has 0 aromatic carbocycles. The van der Waals surface area contributed by atoms with Crippen LogP contribution in [0.4, 0.5) is 10.8 Å². The molecule has 0 bridgehead atoms. The molecule has 0 spiro atoms. The molecule has 1 aliphatic heterocycles. The van der Waals surface area contributed by atoms with E-state index in [0.29, 0.717) is 12.4 Å². The third-order valence-corrected chi connectivity index (χ3v) is 3.36. The Morgan fingerprint density at radius 3 is 3.19 bits per heavy atom. The quantitative estimate of drug-likeness (QED) is 0.868. The van der Waals surface area contributed by atoms with Gasteiger partial charge in [0, 0.05) is 19.7 Å². The first kappa shape index (κ1) is 11.5. The molecule has 1 aliphatic rings. The number of aromatic nitrogens is 1. The zero-order valence-corrected chi connectivity index (χ0v) is 10.3. The average Bonchev–Trinajstić information content (AvgIpc) is 2.55. The van der Waals surface area contributed by atoms with Crippen LogP contribution in [0.2, 0.25) is 0 Å². The zero-order valence-electron chi connectivity index (χ0n) is 9.44. The fourth-order valence-electron chi connectivity index (χ4n) is 1.72. The fourth-order valence-corrected chi connectivity index (χ4v) is 2.53. The van der Waals surface area contributed by atoms with Crippen molar-refractivity contribution in [3.63, 3.8) is 0 Å². The molecule has 0 unspecified atom stereocenters. The number of rotatable bonds is 3. The van der Waals surface area contributed by atoms with E-state index in [9.17, 15) is 0 Å². The Morgan fingerprint density at radius 1 is 1.50 bits per heavy atom. The molecule has 0 amide bonds. The molecular weight excluding hydrogens is 226 g/mol. The van der Waals surface area contributed by atoms with E-state index >= 15 is 0 Å². The Hall–Kier alpha value is -1.01. The summed E-state index contributed by atoms with van der Waals surface area (Å²) in [6, 6.07) is 0. The molecule has 2 heterocycles. The monoisotopic (exact) mass is 243 g/mol. The first-order valence-corrected chi connectivity index (χ1v) is 6.31. The SMILES string of the molecule is CCOc1c(N)nsc1N1CCCOCC1. The highest BCUT2D eigenvalue weighted by Gasteiger charge is 2.20. The lowest BCUT2D eigenvalue weighted by Gasteiger charge is -2.20. The van der Waals surface area contributed by atoms with Crippen molar-refractivity contribution in [2.24, 2.45) is 0 Å². The van der Waals surface area contributed by atoms with Gasteiger partial charge in [-0.15, -0.1) is 0 Å². The Morgan fingerprint density at radius 2 is 2.38 bits per heavy atom. The summed E-state index contributed by atoms with van der Waals surface area (Å²) in [5.74, 6) is 1.22. The molecule has 1 fully saturated rings. The van der Waals surface area contributed by atoms with E-state index in [1.165, 1.54) is 11.5 Å². The molecule has 1 saturated heterocycles. The molecule has 1 aromatic heterocycles. The second-order valence-electron chi connectivity index (χ2n) is 3.59. The van der Waals surface area contributed by atoms with Gasteiger partial charge in [0.1, 0.15) is 0 Å². The van der Waals surface area contributed by atoms with E-state index in [-0.39, 0.29) is 0 Å². The number of nitrogen functional groups attached to an aromatic ring is 1.